The zero-order valence-electron chi connectivity index (χ0n) is 64.5. The Morgan fingerprint density at radius 2 is 0.789 bits per heavy atom. The second-order valence-corrected chi connectivity index (χ2v) is 12.8. The molecule has 0 aromatic heterocycles. The Morgan fingerprint density at radius 1 is 0.281 bits per heavy atom. The first kappa shape index (κ1) is 12.6. The topological polar surface area (TPSA) is 0 Å². The standard InChI is InChI=1S/C57H36/c1-4-14-37(15-5-1)41-34-42(46-30-28-40-27-26-38-16-12-17-39-29-31-51(46)55(40)54(38)39)36-43(35-41)47-32-33-53-56-49(47)23-13-24-50(56)48-22-10-11-25-52(48)57(53,44-18-6-2-7-19-44)45-20-8-3-9-21-45/h1-36H/i1D,2D,3D,4D,5D,6D,7D,8D,9D,10D,11D,12D,13D,14D,15D,16D,17D,18D,19D,20D,21D,22D,23D,24D,25D,26D,27D,28D,29D,30D,31D,32D,33D,34D,35D,36D. The third-order valence-electron chi connectivity index (χ3n) is 9.94. The third kappa shape index (κ3) is 4.62. The fourth-order valence-electron chi connectivity index (χ4n) is 7.62. The fraction of sp³-hybridized carbons (Fsp3) is 0.0175. The van der Waals surface area contributed by atoms with Gasteiger partial charge in [0.05, 0.1) is 54.8 Å². The molecule has 0 nitrogen and oxygen atoms in total. The van der Waals surface area contributed by atoms with Crippen molar-refractivity contribution in [1.82, 2.24) is 0 Å². The van der Waals surface area contributed by atoms with Gasteiger partial charge in [-0.1, -0.05) is 199 Å². The van der Waals surface area contributed by atoms with Gasteiger partial charge in [0.25, 0.3) is 0 Å². The molecule has 1 aliphatic carbocycles. The Kier molecular flexibility index (Phi) is 2.74. The maximum Gasteiger partial charge on any atom is 0.0713 e. The largest absolute Gasteiger partial charge is 0.0713 e. The van der Waals surface area contributed by atoms with Crippen molar-refractivity contribution in [3.63, 3.8) is 0 Å². The molecule has 11 aromatic carbocycles. The molecule has 0 N–H and O–H groups in total. The van der Waals surface area contributed by atoms with E-state index in [1.807, 2.05) is 0 Å². The van der Waals surface area contributed by atoms with Crippen LogP contribution in [-0.2, 0) is 5.41 Å². The molecule has 1 aliphatic rings. The van der Waals surface area contributed by atoms with E-state index in [1.54, 1.807) is 0 Å². The number of hydrogen-bond donors (Lipinski definition) is 0. The zero-order valence-corrected chi connectivity index (χ0v) is 28.5. The Bertz CT molecular complexity index is 5270. The average molecular weight is 757 g/mol. The molecule has 0 saturated carbocycles. The van der Waals surface area contributed by atoms with E-state index in [2.05, 4.69) is 0 Å². The van der Waals surface area contributed by atoms with Crippen molar-refractivity contribution in [1.29, 1.82) is 0 Å². The highest BCUT2D eigenvalue weighted by molar-refractivity contribution is 6.25. The average Bonchev–Trinajstić information content (AvgIpc) is 0.660. The van der Waals surface area contributed by atoms with Crippen LogP contribution in [-0.4, -0.2) is 0 Å². The molecular weight excluding hydrogens is 685 g/mol. The first-order chi connectivity index (χ1) is 43.3. The van der Waals surface area contributed by atoms with Gasteiger partial charge in [-0.2, -0.15) is 0 Å². The van der Waals surface area contributed by atoms with Crippen LogP contribution < -0.4 is 0 Å². The molecule has 0 atom stereocenters. The SMILES string of the molecule is [2H]c1c([2H])c([2H])c(-c2c([2H])c(-c3c([2H])c([2H])c4c5c(c([2H])c([2H])c([2H])c35)-c3c([2H])c([2H])c([2H])c([2H])c3C4(c3c([2H])c([2H])c([2H])c([2H])c3[2H])c3c([2H])c([2H])c([2H])c([2H])c3[2H])c([2H])c(-c3c([2H])c([2H])c4c([2H])c([2H])c5c([2H])c([2H])c([2H])c6c([2H])c([2H])c3c4c56)c2[2H])c([2H])c1[2H]. The molecule has 0 radical (unpaired) electrons. The van der Waals surface area contributed by atoms with Crippen LogP contribution in [0.4, 0.5) is 0 Å². The molecule has 0 aliphatic heterocycles. The molecule has 0 heteroatoms. The molecule has 0 spiro atoms. The van der Waals surface area contributed by atoms with E-state index in [-0.39, 0.29) is 0 Å². The van der Waals surface area contributed by atoms with E-state index < -0.39 is 333 Å². The van der Waals surface area contributed by atoms with Crippen molar-refractivity contribution < 1.29 is 49.3 Å². The van der Waals surface area contributed by atoms with Gasteiger partial charge >= 0.3 is 0 Å². The summed E-state index contributed by atoms with van der Waals surface area (Å²) in [6.45, 7) is 0. The maximum absolute atomic E-state index is 10.5. The summed E-state index contributed by atoms with van der Waals surface area (Å²) in [6.07, 6.45) is 0. The van der Waals surface area contributed by atoms with Gasteiger partial charge in [-0.05, 0) is 128 Å². The lowest BCUT2D eigenvalue weighted by Crippen LogP contribution is -2.33. The van der Waals surface area contributed by atoms with Gasteiger partial charge in [-0.25, -0.2) is 0 Å². The van der Waals surface area contributed by atoms with Crippen LogP contribution in [0.1, 0.15) is 71.6 Å². The monoisotopic (exact) mass is 757 g/mol. The summed E-state index contributed by atoms with van der Waals surface area (Å²) in [4.78, 5) is 0. The Balaban J connectivity index is 1.44. The molecule has 0 unspecified atom stereocenters. The lowest BCUT2D eigenvalue weighted by atomic mass is 9.59. The molecule has 0 heterocycles. The number of rotatable bonds is 5. The molecule has 264 valence electrons. The van der Waals surface area contributed by atoms with Crippen LogP contribution >= 0.6 is 0 Å². The minimum absolute atomic E-state index is 0.437. The molecule has 12 rings (SSSR count). The lowest BCUT2D eigenvalue weighted by molar-refractivity contribution is 0.750. The van der Waals surface area contributed by atoms with Crippen molar-refractivity contribution in [3.05, 3.63) is 240 Å². The van der Waals surface area contributed by atoms with Crippen molar-refractivity contribution in [2.24, 2.45) is 0 Å². The second-order valence-electron chi connectivity index (χ2n) is 12.8. The molecule has 0 fully saturated rings. The first-order valence-electron chi connectivity index (χ1n) is 35.0. The molecule has 57 heavy (non-hydrogen) atoms. The smallest absolute Gasteiger partial charge is 0.0622 e. The highest BCUT2D eigenvalue weighted by atomic mass is 14.4. The Morgan fingerprint density at radius 3 is 1.49 bits per heavy atom. The Hall–Kier alpha value is -7.28. The summed E-state index contributed by atoms with van der Waals surface area (Å²) in [5.41, 5.74) is -16.4. The minimum Gasteiger partial charge on any atom is -0.0622 e. The van der Waals surface area contributed by atoms with Gasteiger partial charge in [0, 0.05) is 0 Å². The number of hydrogen-bond acceptors (Lipinski definition) is 0. The molecule has 0 saturated heterocycles. The molecule has 11 aromatic rings. The number of benzene rings is 11. The van der Waals surface area contributed by atoms with Gasteiger partial charge in [-0.15, -0.1) is 0 Å². The summed E-state index contributed by atoms with van der Waals surface area (Å²) in [7, 11) is 0. The van der Waals surface area contributed by atoms with E-state index in [1.165, 1.54) is 0 Å². The summed E-state index contributed by atoms with van der Waals surface area (Å²) in [5.74, 6) is 0. The summed E-state index contributed by atoms with van der Waals surface area (Å²) >= 11 is 0. The molecule has 0 amide bonds. The first-order valence-corrected chi connectivity index (χ1v) is 17.0. The summed E-state index contributed by atoms with van der Waals surface area (Å²) < 4.78 is 338. The normalized spacial score (nSPS) is 21.9. The fourth-order valence-corrected chi connectivity index (χ4v) is 7.62. The highest BCUT2D eigenvalue weighted by Gasteiger charge is 2.44. The lowest BCUT2D eigenvalue weighted by Gasteiger charge is -2.42. The van der Waals surface area contributed by atoms with Crippen molar-refractivity contribution >= 4 is 43.1 Å². The minimum atomic E-state index is -3.53. The summed E-state index contributed by atoms with van der Waals surface area (Å²) in [6, 6.07) is -41.2. The molecule has 0 bridgehead atoms. The summed E-state index contributed by atoms with van der Waals surface area (Å²) in [5, 5.41) is -5.40. The van der Waals surface area contributed by atoms with Gasteiger partial charge in [0.1, 0.15) is 0 Å². The predicted molar refractivity (Wildman–Crippen MR) is 241 cm³/mol. The van der Waals surface area contributed by atoms with E-state index >= 15 is 0 Å². The van der Waals surface area contributed by atoms with Crippen LogP contribution in [0, 0.1) is 0 Å². The molecular formula is C57H36. The van der Waals surface area contributed by atoms with E-state index in [0.717, 1.165) is 0 Å². The van der Waals surface area contributed by atoms with Crippen molar-refractivity contribution in [2.45, 2.75) is 5.41 Å². The van der Waals surface area contributed by atoms with Crippen molar-refractivity contribution in [2.75, 3.05) is 0 Å². The van der Waals surface area contributed by atoms with Gasteiger partial charge < -0.3 is 0 Å². The van der Waals surface area contributed by atoms with E-state index in [9.17, 15) is 27.4 Å². The van der Waals surface area contributed by atoms with Crippen LogP contribution in [0.5, 0.6) is 0 Å². The van der Waals surface area contributed by atoms with Crippen LogP contribution in [0.2, 0.25) is 0 Å². The second kappa shape index (κ2) is 12.4. The van der Waals surface area contributed by atoms with Gasteiger partial charge in [0.15, 0.2) is 0 Å². The van der Waals surface area contributed by atoms with Crippen molar-refractivity contribution in [3.8, 4) is 44.5 Å². The zero-order chi connectivity index (χ0) is 68.8. The van der Waals surface area contributed by atoms with Crippen LogP contribution in [0.15, 0.2) is 218 Å². The van der Waals surface area contributed by atoms with Crippen LogP contribution in [0.3, 0.4) is 0 Å². The Labute approximate surface area is 382 Å². The highest BCUT2D eigenvalue weighted by Crippen LogP contribution is 2.56. The predicted octanol–water partition coefficient (Wildman–Crippen LogP) is 15.1. The van der Waals surface area contributed by atoms with E-state index in [0.29, 0.717) is 0 Å². The van der Waals surface area contributed by atoms with Gasteiger partial charge in [0.2, 0.25) is 0 Å². The van der Waals surface area contributed by atoms with Crippen LogP contribution in [0.25, 0.3) is 87.6 Å². The number of fused-ring (bicyclic) bond motifs is 2. The van der Waals surface area contributed by atoms with E-state index in [4.69, 9.17) is 21.9 Å². The maximum atomic E-state index is 10.5. The quantitative estimate of drug-likeness (QED) is 0.153. The van der Waals surface area contributed by atoms with Gasteiger partial charge in [-0.3, -0.25) is 0 Å². The third-order valence-corrected chi connectivity index (χ3v) is 9.94.